The van der Waals surface area contributed by atoms with Crippen molar-refractivity contribution in [3.05, 3.63) is 89.5 Å². The molecule has 7 heteroatoms. The van der Waals surface area contributed by atoms with Crippen molar-refractivity contribution >= 4 is 11.6 Å². The highest BCUT2D eigenvalue weighted by Crippen LogP contribution is 2.39. The number of amides is 1. The van der Waals surface area contributed by atoms with E-state index in [-0.39, 0.29) is 18.7 Å². The van der Waals surface area contributed by atoms with Crippen LogP contribution in [-0.4, -0.2) is 55.1 Å². The third-order valence-electron chi connectivity index (χ3n) is 7.80. The summed E-state index contributed by atoms with van der Waals surface area (Å²) < 4.78 is 16.4. The molecule has 3 heterocycles. The summed E-state index contributed by atoms with van der Waals surface area (Å²) in [6.45, 7) is 2.46. The monoisotopic (exact) mass is 511 g/mol. The highest BCUT2D eigenvalue weighted by atomic mass is 16.7. The number of carbonyl (C=O) groups is 1. The van der Waals surface area contributed by atoms with Crippen LogP contribution < -0.4 is 14.2 Å². The average molecular weight is 512 g/mol. The van der Waals surface area contributed by atoms with Crippen LogP contribution in [0.1, 0.15) is 42.0 Å². The van der Waals surface area contributed by atoms with Gasteiger partial charge < -0.3 is 14.2 Å². The molecule has 3 aliphatic rings. The van der Waals surface area contributed by atoms with Gasteiger partial charge in [-0.15, -0.1) is 0 Å². The number of nitrogens with zero attached hydrogens (tertiary/aromatic N) is 3. The Hall–Kier alpha value is -3.84. The van der Waals surface area contributed by atoms with Crippen LogP contribution in [0.15, 0.2) is 77.9 Å². The van der Waals surface area contributed by atoms with Crippen molar-refractivity contribution in [2.75, 3.05) is 33.5 Å². The molecule has 0 saturated carbocycles. The number of hydrogen-bond acceptors (Lipinski definition) is 6. The first-order valence-corrected chi connectivity index (χ1v) is 13.4. The van der Waals surface area contributed by atoms with Gasteiger partial charge in [-0.25, -0.2) is 5.01 Å². The van der Waals surface area contributed by atoms with Gasteiger partial charge in [-0.2, -0.15) is 5.10 Å². The Morgan fingerprint density at radius 3 is 2.50 bits per heavy atom. The lowest BCUT2D eigenvalue weighted by Gasteiger charge is -2.33. The number of carbonyl (C=O) groups excluding carboxylic acids is 1. The van der Waals surface area contributed by atoms with Gasteiger partial charge in [-0.3, -0.25) is 9.69 Å². The minimum Gasteiger partial charge on any atom is -0.497 e. The molecule has 7 nitrogen and oxygen atoms in total. The molecule has 38 heavy (non-hydrogen) atoms. The summed E-state index contributed by atoms with van der Waals surface area (Å²) in [6, 6.07) is 24.3. The van der Waals surface area contributed by atoms with Gasteiger partial charge in [0.2, 0.25) is 6.79 Å². The number of piperidine rings is 1. The van der Waals surface area contributed by atoms with Crippen LogP contribution in [0.5, 0.6) is 17.2 Å². The lowest BCUT2D eigenvalue weighted by Crippen LogP contribution is -2.42. The van der Waals surface area contributed by atoms with Gasteiger partial charge in [0.05, 0.1) is 25.4 Å². The predicted molar refractivity (Wildman–Crippen MR) is 146 cm³/mol. The molecule has 196 valence electrons. The Bertz CT molecular complexity index is 1300. The smallest absolute Gasteiger partial charge is 0.257 e. The van der Waals surface area contributed by atoms with Crippen molar-refractivity contribution in [3.63, 3.8) is 0 Å². The molecule has 0 aromatic heterocycles. The van der Waals surface area contributed by atoms with Gasteiger partial charge in [0.15, 0.2) is 11.5 Å². The van der Waals surface area contributed by atoms with E-state index in [1.54, 1.807) is 12.1 Å². The largest absolute Gasteiger partial charge is 0.497 e. The van der Waals surface area contributed by atoms with E-state index in [4.69, 9.17) is 19.3 Å². The first-order chi connectivity index (χ1) is 18.7. The Labute approximate surface area is 223 Å². The second-order valence-electron chi connectivity index (χ2n) is 10.3. The van der Waals surface area contributed by atoms with E-state index in [0.29, 0.717) is 24.6 Å². The molecule has 0 bridgehead atoms. The summed E-state index contributed by atoms with van der Waals surface area (Å²) in [4.78, 5) is 16.0. The van der Waals surface area contributed by atoms with Gasteiger partial charge in [0.25, 0.3) is 5.91 Å². The number of hydrazone groups is 1. The minimum atomic E-state index is -0.190. The van der Waals surface area contributed by atoms with Gasteiger partial charge in [0, 0.05) is 6.42 Å². The Morgan fingerprint density at radius 2 is 1.74 bits per heavy atom. The van der Waals surface area contributed by atoms with Crippen molar-refractivity contribution in [2.24, 2.45) is 11.0 Å². The molecule has 0 radical (unpaired) electrons. The van der Waals surface area contributed by atoms with Gasteiger partial charge in [0.1, 0.15) is 5.75 Å². The van der Waals surface area contributed by atoms with E-state index in [2.05, 4.69) is 35.2 Å². The van der Waals surface area contributed by atoms with Crippen molar-refractivity contribution in [1.82, 2.24) is 9.91 Å². The third-order valence-corrected chi connectivity index (χ3v) is 7.80. The normalized spacial score (nSPS) is 19.4. The van der Waals surface area contributed by atoms with Crippen LogP contribution in [0.3, 0.4) is 0 Å². The molecule has 1 saturated heterocycles. The molecular formula is C31H33N3O4. The zero-order chi connectivity index (χ0) is 25.9. The molecular weight excluding hydrogens is 478 g/mol. The van der Waals surface area contributed by atoms with Crippen molar-refractivity contribution in [1.29, 1.82) is 0 Å². The first-order valence-electron chi connectivity index (χ1n) is 13.4. The molecule has 3 aromatic carbocycles. The molecule has 0 N–H and O–H groups in total. The van der Waals surface area contributed by atoms with Crippen LogP contribution in [0, 0.1) is 5.92 Å². The van der Waals surface area contributed by atoms with E-state index in [1.807, 2.05) is 42.5 Å². The van der Waals surface area contributed by atoms with Crippen LogP contribution >= 0.6 is 0 Å². The highest BCUT2D eigenvalue weighted by Gasteiger charge is 2.35. The third kappa shape index (κ3) is 5.24. The zero-order valence-electron chi connectivity index (χ0n) is 21.7. The fourth-order valence-electron chi connectivity index (χ4n) is 5.64. The number of benzene rings is 3. The number of ether oxygens (including phenoxy) is 3. The Kier molecular flexibility index (Phi) is 7.01. The van der Waals surface area contributed by atoms with Gasteiger partial charge in [-0.1, -0.05) is 36.4 Å². The maximum Gasteiger partial charge on any atom is 0.257 e. The first kappa shape index (κ1) is 24.5. The van der Waals surface area contributed by atoms with Crippen LogP contribution in [0.4, 0.5) is 0 Å². The van der Waals surface area contributed by atoms with E-state index in [1.165, 1.54) is 5.56 Å². The molecule has 3 aromatic rings. The quantitative estimate of drug-likeness (QED) is 0.444. The predicted octanol–water partition coefficient (Wildman–Crippen LogP) is 5.06. The molecule has 0 spiro atoms. The standard InChI is InChI=1S/C31H33N3O4/c1-36-26-10-7-24(8-11-26)27-19-28(25-9-12-29-30(18-25)38-21-37-29)34(32-27)31(35)20-33-15-13-23(14-16-33)17-22-5-3-2-4-6-22/h2-12,18,23,28H,13-17,19-21H2,1H3/t28-/m0/s1. The van der Waals surface area contributed by atoms with Crippen LogP contribution in [0.2, 0.25) is 0 Å². The lowest BCUT2D eigenvalue weighted by atomic mass is 9.90. The fraction of sp³-hybridized carbons (Fsp3) is 0.355. The molecule has 0 aliphatic carbocycles. The fourth-order valence-corrected chi connectivity index (χ4v) is 5.64. The van der Waals surface area contributed by atoms with Gasteiger partial charge in [-0.05, 0) is 91.4 Å². The van der Waals surface area contributed by atoms with Crippen molar-refractivity contribution < 1.29 is 19.0 Å². The van der Waals surface area contributed by atoms with Crippen molar-refractivity contribution in [3.8, 4) is 17.2 Å². The summed E-state index contributed by atoms with van der Waals surface area (Å²) in [6.07, 6.45) is 3.95. The van der Waals surface area contributed by atoms with E-state index < -0.39 is 0 Å². The van der Waals surface area contributed by atoms with Crippen molar-refractivity contribution in [2.45, 2.75) is 31.7 Å². The molecule has 6 rings (SSSR count). The lowest BCUT2D eigenvalue weighted by molar-refractivity contribution is -0.134. The number of rotatable bonds is 7. The molecule has 0 unspecified atom stereocenters. The summed E-state index contributed by atoms with van der Waals surface area (Å²) in [7, 11) is 1.66. The average Bonchev–Trinajstić information content (AvgIpc) is 3.62. The Morgan fingerprint density at radius 1 is 0.974 bits per heavy atom. The van der Waals surface area contributed by atoms with Gasteiger partial charge >= 0.3 is 0 Å². The summed E-state index contributed by atoms with van der Waals surface area (Å²) in [5.41, 5.74) is 4.28. The Balaban J connectivity index is 1.16. The number of likely N-dealkylation sites (tertiary alicyclic amines) is 1. The minimum absolute atomic E-state index is 0.0256. The zero-order valence-corrected chi connectivity index (χ0v) is 21.7. The summed E-state index contributed by atoms with van der Waals surface area (Å²) >= 11 is 0. The second kappa shape index (κ2) is 10.9. The number of fused-ring (bicyclic) bond motifs is 1. The van der Waals surface area contributed by atoms with Crippen LogP contribution in [0.25, 0.3) is 0 Å². The molecule has 1 atom stereocenters. The van der Waals surface area contributed by atoms with E-state index in [0.717, 1.165) is 60.7 Å². The SMILES string of the molecule is COc1ccc(C2=NN(C(=O)CN3CCC(Cc4ccccc4)CC3)[C@H](c3ccc4c(c3)OCO4)C2)cc1. The number of hydrogen-bond donors (Lipinski definition) is 0. The molecule has 1 fully saturated rings. The summed E-state index contributed by atoms with van der Waals surface area (Å²) in [5.74, 6) is 2.94. The molecule has 3 aliphatic heterocycles. The molecule has 1 amide bonds. The van der Waals surface area contributed by atoms with E-state index >= 15 is 0 Å². The maximum absolute atomic E-state index is 13.7. The van der Waals surface area contributed by atoms with E-state index in [9.17, 15) is 4.79 Å². The topological polar surface area (TPSA) is 63.6 Å². The maximum atomic E-state index is 13.7. The van der Waals surface area contributed by atoms with Crippen LogP contribution in [-0.2, 0) is 11.2 Å². The summed E-state index contributed by atoms with van der Waals surface area (Å²) in [5, 5.41) is 6.55. The second-order valence-corrected chi connectivity index (χ2v) is 10.3. The highest BCUT2D eigenvalue weighted by molar-refractivity contribution is 6.03. The number of methoxy groups -OCH3 is 1.